The summed E-state index contributed by atoms with van der Waals surface area (Å²) in [7, 11) is 1.66. The van der Waals surface area contributed by atoms with Crippen LogP contribution in [0, 0.1) is 5.82 Å². The molecule has 0 unspecified atom stereocenters. The summed E-state index contributed by atoms with van der Waals surface area (Å²) in [5, 5.41) is 3.24. The minimum Gasteiger partial charge on any atom is -0.383 e. The normalized spacial score (nSPS) is 10.7. The van der Waals surface area contributed by atoms with Crippen molar-refractivity contribution in [1.29, 1.82) is 0 Å². The number of methoxy groups -OCH3 is 1. The Morgan fingerprint density at radius 3 is 2.80 bits per heavy atom. The van der Waals surface area contributed by atoms with E-state index >= 15 is 0 Å². The summed E-state index contributed by atoms with van der Waals surface area (Å²) in [4.78, 5) is 5.60. The van der Waals surface area contributed by atoms with Gasteiger partial charge in [0.15, 0.2) is 0 Å². The first-order valence-electron chi connectivity index (χ1n) is 6.36. The van der Waals surface area contributed by atoms with E-state index in [1.54, 1.807) is 25.6 Å². The van der Waals surface area contributed by atoms with Crippen molar-refractivity contribution in [2.75, 3.05) is 20.3 Å². The molecule has 0 aliphatic carbocycles. The largest absolute Gasteiger partial charge is 0.383 e. The van der Waals surface area contributed by atoms with Gasteiger partial charge in [0.25, 0.3) is 0 Å². The zero-order valence-electron chi connectivity index (χ0n) is 11.3. The van der Waals surface area contributed by atoms with Crippen molar-refractivity contribution in [2.24, 2.45) is 0 Å². The molecule has 20 heavy (non-hydrogen) atoms. The molecule has 0 saturated heterocycles. The van der Waals surface area contributed by atoms with Crippen molar-refractivity contribution in [1.82, 2.24) is 10.3 Å². The molecule has 5 heteroatoms. The Kier molecular flexibility index (Phi) is 5.98. The molecule has 0 bridgehead atoms. The smallest absolute Gasteiger partial charge is 0.137 e. The van der Waals surface area contributed by atoms with Crippen LogP contribution in [0.4, 0.5) is 4.39 Å². The van der Waals surface area contributed by atoms with Crippen molar-refractivity contribution in [3.8, 4) is 0 Å². The number of benzene rings is 1. The molecule has 0 amide bonds. The predicted octanol–water partition coefficient (Wildman–Crippen LogP) is 3.11. The van der Waals surface area contributed by atoms with Gasteiger partial charge in [-0.25, -0.2) is 4.39 Å². The Labute approximate surface area is 122 Å². The molecule has 0 saturated carbocycles. The van der Waals surface area contributed by atoms with E-state index < -0.39 is 0 Å². The van der Waals surface area contributed by atoms with Crippen LogP contribution in [-0.2, 0) is 11.3 Å². The summed E-state index contributed by atoms with van der Waals surface area (Å²) in [6.45, 7) is 2.00. The lowest BCUT2D eigenvalue weighted by molar-refractivity contribution is 0.199. The molecule has 1 aromatic heterocycles. The molecule has 1 heterocycles. The number of pyridine rings is 1. The minimum atomic E-state index is -0.196. The Morgan fingerprint density at radius 2 is 2.05 bits per heavy atom. The van der Waals surface area contributed by atoms with Crippen molar-refractivity contribution in [3.05, 3.63) is 54.1 Å². The van der Waals surface area contributed by atoms with Crippen LogP contribution in [0.15, 0.2) is 52.5 Å². The first-order chi connectivity index (χ1) is 9.81. The number of hydrogen-bond donors (Lipinski definition) is 1. The molecular formula is C15H17FN2OS. The summed E-state index contributed by atoms with van der Waals surface area (Å²) in [6.07, 6.45) is 3.42. The van der Waals surface area contributed by atoms with Gasteiger partial charge in [0.2, 0.25) is 0 Å². The van der Waals surface area contributed by atoms with E-state index in [1.165, 1.54) is 17.8 Å². The molecule has 2 rings (SSSR count). The lowest BCUT2D eigenvalue weighted by Gasteiger charge is -2.11. The number of ether oxygens (including phenoxy) is 1. The van der Waals surface area contributed by atoms with Crippen molar-refractivity contribution in [2.45, 2.75) is 16.3 Å². The van der Waals surface area contributed by atoms with Gasteiger partial charge < -0.3 is 10.1 Å². The maximum absolute atomic E-state index is 14.0. The lowest BCUT2D eigenvalue weighted by Crippen LogP contribution is -2.19. The van der Waals surface area contributed by atoms with Crippen LogP contribution in [0.3, 0.4) is 0 Å². The molecule has 106 valence electrons. The van der Waals surface area contributed by atoms with E-state index in [1.807, 2.05) is 18.2 Å². The van der Waals surface area contributed by atoms with E-state index in [0.29, 0.717) is 18.0 Å². The van der Waals surface area contributed by atoms with Gasteiger partial charge in [-0.2, -0.15) is 0 Å². The predicted molar refractivity (Wildman–Crippen MR) is 78.3 cm³/mol. The maximum Gasteiger partial charge on any atom is 0.137 e. The summed E-state index contributed by atoms with van der Waals surface area (Å²) in [6, 6.07) is 8.91. The van der Waals surface area contributed by atoms with Crippen molar-refractivity contribution >= 4 is 11.8 Å². The van der Waals surface area contributed by atoms with Gasteiger partial charge in [-0.05, 0) is 23.8 Å². The van der Waals surface area contributed by atoms with Crippen molar-refractivity contribution in [3.63, 3.8) is 0 Å². The van der Waals surface area contributed by atoms with Crippen molar-refractivity contribution < 1.29 is 9.13 Å². The van der Waals surface area contributed by atoms with E-state index in [2.05, 4.69) is 10.3 Å². The van der Waals surface area contributed by atoms with Crippen LogP contribution in [-0.4, -0.2) is 25.2 Å². The van der Waals surface area contributed by atoms with Gasteiger partial charge in [0.05, 0.1) is 11.5 Å². The molecule has 2 aromatic rings. The number of nitrogens with zero attached hydrogens (tertiary/aromatic N) is 1. The first-order valence-corrected chi connectivity index (χ1v) is 7.18. The Morgan fingerprint density at radius 1 is 1.25 bits per heavy atom. The van der Waals surface area contributed by atoms with Crippen LogP contribution in [0.5, 0.6) is 0 Å². The molecule has 0 radical (unpaired) electrons. The van der Waals surface area contributed by atoms with Gasteiger partial charge in [0.1, 0.15) is 5.82 Å². The highest BCUT2D eigenvalue weighted by Crippen LogP contribution is 2.32. The molecule has 0 atom stereocenters. The molecule has 0 spiro atoms. The molecule has 0 aliphatic heterocycles. The van der Waals surface area contributed by atoms with Gasteiger partial charge >= 0.3 is 0 Å². The van der Waals surface area contributed by atoms with Gasteiger partial charge in [0, 0.05) is 37.5 Å². The zero-order valence-corrected chi connectivity index (χ0v) is 12.1. The number of hydrogen-bond acceptors (Lipinski definition) is 4. The molecule has 1 aromatic carbocycles. The standard InChI is InChI=1S/C15H17FN2OS/c1-19-10-9-18-11-12-3-2-4-14(16)15(12)20-13-5-7-17-8-6-13/h2-8,18H,9-11H2,1H3. The third-order valence-electron chi connectivity index (χ3n) is 2.72. The Hall–Kier alpha value is -1.43. The van der Waals surface area contributed by atoms with Crippen LogP contribution in [0.2, 0.25) is 0 Å². The van der Waals surface area contributed by atoms with Gasteiger partial charge in [-0.3, -0.25) is 4.98 Å². The Balaban J connectivity index is 2.10. The fourth-order valence-corrected chi connectivity index (χ4v) is 2.66. The Bertz CT molecular complexity index is 537. The van der Waals surface area contributed by atoms with E-state index in [4.69, 9.17) is 4.74 Å². The highest BCUT2D eigenvalue weighted by molar-refractivity contribution is 7.99. The SMILES string of the molecule is COCCNCc1cccc(F)c1Sc1ccncc1. The quantitative estimate of drug-likeness (QED) is 0.795. The van der Waals surface area contributed by atoms with E-state index in [-0.39, 0.29) is 5.82 Å². The minimum absolute atomic E-state index is 0.196. The summed E-state index contributed by atoms with van der Waals surface area (Å²) < 4.78 is 19.0. The highest BCUT2D eigenvalue weighted by Gasteiger charge is 2.09. The molecule has 1 N–H and O–H groups in total. The summed E-state index contributed by atoms with van der Waals surface area (Å²) >= 11 is 1.42. The van der Waals surface area contributed by atoms with Crippen LogP contribution in [0.1, 0.15) is 5.56 Å². The second-order valence-electron chi connectivity index (χ2n) is 4.18. The van der Waals surface area contributed by atoms with Gasteiger partial charge in [-0.1, -0.05) is 23.9 Å². The second-order valence-corrected chi connectivity index (χ2v) is 5.27. The topological polar surface area (TPSA) is 34.1 Å². The average Bonchev–Trinajstić information content (AvgIpc) is 2.48. The monoisotopic (exact) mass is 292 g/mol. The van der Waals surface area contributed by atoms with Gasteiger partial charge in [-0.15, -0.1) is 0 Å². The fourth-order valence-electron chi connectivity index (χ4n) is 1.73. The van der Waals surface area contributed by atoms with Crippen LogP contribution >= 0.6 is 11.8 Å². The third kappa shape index (κ3) is 4.30. The van der Waals surface area contributed by atoms with E-state index in [0.717, 1.165) is 17.0 Å². The van der Waals surface area contributed by atoms with Crippen LogP contribution in [0.25, 0.3) is 0 Å². The fraction of sp³-hybridized carbons (Fsp3) is 0.267. The summed E-state index contributed by atoms with van der Waals surface area (Å²) in [5.74, 6) is -0.196. The second kappa shape index (κ2) is 7.99. The lowest BCUT2D eigenvalue weighted by atomic mass is 10.2. The molecule has 0 fully saturated rings. The van der Waals surface area contributed by atoms with Crippen LogP contribution < -0.4 is 5.32 Å². The summed E-state index contributed by atoms with van der Waals surface area (Å²) in [5.41, 5.74) is 0.947. The van der Waals surface area contributed by atoms with E-state index in [9.17, 15) is 4.39 Å². The number of rotatable bonds is 7. The molecule has 3 nitrogen and oxygen atoms in total. The molecule has 0 aliphatic rings. The zero-order chi connectivity index (χ0) is 14.2. The number of halogens is 1. The maximum atomic E-state index is 14.0. The first kappa shape index (κ1) is 15.0. The number of nitrogens with one attached hydrogen (secondary N) is 1. The average molecular weight is 292 g/mol. The number of aromatic nitrogens is 1. The highest BCUT2D eigenvalue weighted by atomic mass is 32.2. The molecular weight excluding hydrogens is 275 g/mol. The third-order valence-corrected chi connectivity index (χ3v) is 3.89.